The van der Waals surface area contributed by atoms with Crippen LogP contribution in [-0.2, 0) is 11.5 Å². The smallest absolute Gasteiger partial charge is 0.308 e. The zero-order chi connectivity index (χ0) is 15.4. The largest absolute Gasteiger partial charge is 0.427 e. The first-order valence-corrected chi connectivity index (χ1v) is 6.75. The summed E-state index contributed by atoms with van der Waals surface area (Å²) in [5.74, 6) is -0.604. The molecule has 1 N–H and O–H groups in total. The van der Waals surface area contributed by atoms with Gasteiger partial charge in [-0.05, 0) is 42.2 Å². The van der Waals surface area contributed by atoms with E-state index < -0.39 is 18.6 Å². The minimum Gasteiger partial charge on any atom is -0.427 e. The highest BCUT2D eigenvalue weighted by molar-refractivity contribution is 7.05. The van der Waals surface area contributed by atoms with Crippen molar-refractivity contribution in [1.82, 2.24) is 9.36 Å². The monoisotopic (exact) mass is 309 g/mol. The van der Waals surface area contributed by atoms with Crippen molar-refractivity contribution >= 4 is 29.4 Å². The van der Waals surface area contributed by atoms with Crippen molar-refractivity contribution in [3.8, 4) is 5.75 Å². The minimum atomic E-state index is -0.728. The molecule has 2 rings (SSSR count). The van der Waals surface area contributed by atoms with E-state index in [4.69, 9.17) is 4.74 Å². The first-order chi connectivity index (χ1) is 9.97. The lowest BCUT2D eigenvalue weighted by molar-refractivity contribution is -0.131. The fraction of sp³-hybridized carbons (Fsp3) is 0.231. The van der Waals surface area contributed by atoms with Gasteiger partial charge in [-0.15, -0.1) is 0 Å². The van der Waals surface area contributed by atoms with E-state index in [-0.39, 0.29) is 16.7 Å². The standard InChI is InChI=1S/C13H12FN3O3S/c1-7-3-9(5-10(4-7)20-8(2)18)12(19)16-13-15-11(6-14)21-17-13/h3-5H,6H2,1-2H3,(H,16,17,19). The SMILES string of the molecule is CC(=O)Oc1cc(C)cc(C(=O)Nc2nsc(CF)n2)c1. The molecule has 0 radical (unpaired) electrons. The third-order valence-electron chi connectivity index (χ3n) is 2.38. The lowest BCUT2D eigenvalue weighted by Gasteiger charge is -2.06. The number of nitrogens with zero attached hydrogens (tertiary/aromatic N) is 2. The Morgan fingerprint density at radius 1 is 1.38 bits per heavy atom. The number of benzene rings is 1. The van der Waals surface area contributed by atoms with Gasteiger partial charge in [0.25, 0.3) is 5.91 Å². The molecular formula is C13H12FN3O3S. The fourth-order valence-electron chi connectivity index (χ4n) is 1.64. The third kappa shape index (κ3) is 4.06. The Kier molecular flexibility index (Phi) is 4.59. The zero-order valence-corrected chi connectivity index (χ0v) is 12.2. The Hall–Kier alpha value is -2.35. The molecule has 0 spiro atoms. The van der Waals surface area contributed by atoms with Crippen LogP contribution in [-0.4, -0.2) is 21.2 Å². The summed E-state index contributed by atoms with van der Waals surface area (Å²) >= 11 is 0.881. The second kappa shape index (κ2) is 6.40. The van der Waals surface area contributed by atoms with E-state index in [1.54, 1.807) is 19.1 Å². The van der Waals surface area contributed by atoms with Crippen LogP contribution in [0, 0.1) is 6.92 Å². The second-order valence-electron chi connectivity index (χ2n) is 4.23. The predicted molar refractivity (Wildman–Crippen MR) is 75.2 cm³/mol. The van der Waals surface area contributed by atoms with Crippen LogP contribution in [0.4, 0.5) is 10.3 Å². The Bertz CT molecular complexity index is 687. The lowest BCUT2D eigenvalue weighted by Crippen LogP contribution is -2.13. The molecule has 0 fully saturated rings. The number of ether oxygens (including phenoxy) is 1. The molecule has 1 aromatic heterocycles. The number of amides is 1. The van der Waals surface area contributed by atoms with Crippen LogP contribution >= 0.6 is 11.5 Å². The maximum atomic E-state index is 12.4. The Morgan fingerprint density at radius 2 is 2.14 bits per heavy atom. The number of hydrogen-bond acceptors (Lipinski definition) is 6. The number of halogens is 1. The van der Waals surface area contributed by atoms with Crippen molar-refractivity contribution in [2.24, 2.45) is 0 Å². The molecule has 1 amide bonds. The minimum absolute atomic E-state index is 0.0493. The fourth-order valence-corrected chi connectivity index (χ4v) is 2.09. The maximum absolute atomic E-state index is 12.4. The van der Waals surface area contributed by atoms with Crippen molar-refractivity contribution in [3.05, 3.63) is 34.3 Å². The number of anilines is 1. The van der Waals surface area contributed by atoms with Gasteiger partial charge >= 0.3 is 5.97 Å². The number of esters is 1. The molecule has 0 saturated heterocycles. The third-order valence-corrected chi connectivity index (χ3v) is 3.06. The van der Waals surface area contributed by atoms with Crippen LogP contribution in [0.25, 0.3) is 0 Å². The molecule has 0 bridgehead atoms. The normalized spacial score (nSPS) is 10.2. The highest BCUT2D eigenvalue weighted by Crippen LogP contribution is 2.18. The summed E-state index contributed by atoms with van der Waals surface area (Å²) < 4.78 is 21.2. The van der Waals surface area contributed by atoms with Gasteiger partial charge in [0.05, 0.1) is 0 Å². The van der Waals surface area contributed by atoms with Crippen LogP contribution in [0.3, 0.4) is 0 Å². The predicted octanol–water partition coefficient (Wildman–Crippen LogP) is 2.49. The van der Waals surface area contributed by atoms with E-state index in [0.29, 0.717) is 5.56 Å². The van der Waals surface area contributed by atoms with Crippen LogP contribution in [0.15, 0.2) is 18.2 Å². The molecule has 0 unspecified atom stereocenters. The van der Waals surface area contributed by atoms with Crippen LogP contribution in [0.1, 0.15) is 27.9 Å². The zero-order valence-electron chi connectivity index (χ0n) is 11.3. The van der Waals surface area contributed by atoms with Crippen molar-refractivity contribution in [2.75, 3.05) is 5.32 Å². The number of aryl methyl sites for hydroxylation is 1. The van der Waals surface area contributed by atoms with E-state index in [9.17, 15) is 14.0 Å². The van der Waals surface area contributed by atoms with E-state index in [1.165, 1.54) is 13.0 Å². The van der Waals surface area contributed by atoms with Gasteiger partial charge in [-0.3, -0.25) is 14.9 Å². The summed E-state index contributed by atoms with van der Waals surface area (Å²) in [4.78, 5) is 26.8. The van der Waals surface area contributed by atoms with Gasteiger partial charge in [0, 0.05) is 12.5 Å². The molecule has 110 valence electrons. The number of alkyl halides is 1. The number of carbonyl (C=O) groups is 2. The van der Waals surface area contributed by atoms with Crippen molar-refractivity contribution in [3.63, 3.8) is 0 Å². The molecule has 6 nitrogen and oxygen atoms in total. The summed E-state index contributed by atoms with van der Waals surface area (Å²) in [6.07, 6.45) is 0. The first-order valence-electron chi connectivity index (χ1n) is 5.98. The average molecular weight is 309 g/mol. The highest BCUT2D eigenvalue weighted by atomic mass is 32.1. The molecule has 0 aliphatic heterocycles. The summed E-state index contributed by atoms with van der Waals surface area (Å²) in [7, 11) is 0. The van der Waals surface area contributed by atoms with Crippen molar-refractivity contribution < 1.29 is 18.7 Å². The quantitative estimate of drug-likeness (QED) is 0.693. The van der Waals surface area contributed by atoms with Gasteiger partial charge in [0.2, 0.25) is 5.95 Å². The van der Waals surface area contributed by atoms with Gasteiger partial charge in [-0.25, -0.2) is 9.37 Å². The Morgan fingerprint density at radius 3 is 2.76 bits per heavy atom. The molecule has 0 saturated carbocycles. The molecule has 1 aromatic carbocycles. The van der Waals surface area contributed by atoms with Crippen LogP contribution in [0.2, 0.25) is 0 Å². The van der Waals surface area contributed by atoms with E-state index in [2.05, 4.69) is 14.7 Å². The summed E-state index contributed by atoms with van der Waals surface area (Å²) in [6, 6.07) is 4.71. The second-order valence-corrected chi connectivity index (χ2v) is 5.06. The molecular weight excluding hydrogens is 297 g/mol. The van der Waals surface area contributed by atoms with Crippen molar-refractivity contribution in [2.45, 2.75) is 20.5 Å². The average Bonchev–Trinajstić information content (AvgIpc) is 2.84. The van der Waals surface area contributed by atoms with Crippen LogP contribution in [0.5, 0.6) is 5.75 Å². The Labute approximate surface area is 124 Å². The van der Waals surface area contributed by atoms with Gasteiger partial charge in [-0.2, -0.15) is 4.37 Å². The maximum Gasteiger partial charge on any atom is 0.308 e. The molecule has 1 heterocycles. The van der Waals surface area contributed by atoms with Gasteiger partial charge in [0.15, 0.2) is 0 Å². The number of aromatic nitrogens is 2. The molecule has 8 heteroatoms. The number of carbonyl (C=O) groups excluding carboxylic acids is 2. The van der Waals surface area contributed by atoms with E-state index >= 15 is 0 Å². The molecule has 0 atom stereocenters. The van der Waals surface area contributed by atoms with Gasteiger partial charge in [-0.1, -0.05) is 0 Å². The lowest BCUT2D eigenvalue weighted by atomic mass is 10.1. The molecule has 0 aliphatic rings. The van der Waals surface area contributed by atoms with Gasteiger partial charge in [0.1, 0.15) is 17.4 Å². The van der Waals surface area contributed by atoms with E-state index in [1.807, 2.05) is 0 Å². The molecule has 2 aromatic rings. The molecule has 21 heavy (non-hydrogen) atoms. The summed E-state index contributed by atoms with van der Waals surface area (Å²) in [5.41, 5.74) is 1.05. The number of rotatable bonds is 4. The Balaban J connectivity index is 2.18. The molecule has 0 aliphatic carbocycles. The topological polar surface area (TPSA) is 81.2 Å². The highest BCUT2D eigenvalue weighted by Gasteiger charge is 2.12. The van der Waals surface area contributed by atoms with Crippen molar-refractivity contribution in [1.29, 1.82) is 0 Å². The van der Waals surface area contributed by atoms with E-state index in [0.717, 1.165) is 17.1 Å². The van der Waals surface area contributed by atoms with Crippen LogP contribution < -0.4 is 10.1 Å². The number of nitrogens with one attached hydrogen (secondary N) is 1. The number of hydrogen-bond donors (Lipinski definition) is 1. The summed E-state index contributed by atoms with van der Waals surface area (Å²) in [6.45, 7) is 2.32. The summed E-state index contributed by atoms with van der Waals surface area (Å²) in [5, 5.41) is 2.65. The van der Waals surface area contributed by atoms with Gasteiger partial charge < -0.3 is 4.74 Å². The first kappa shape index (κ1) is 15.0.